The Hall–Kier alpha value is -1.51. The van der Waals surface area contributed by atoms with Gasteiger partial charge in [0.25, 0.3) is 0 Å². The number of carbonyl (C=O) groups excluding carboxylic acids is 1. The molecule has 3 nitrogen and oxygen atoms in total. The molecule has 3 heteroatoms. The summed E-state index contributed by atoms with van der Waals surface area (Å²) in [6, 6.07) is 7.96. The number of hydrogen-bond donors (Lipinski definition) is 1. The van der Waals surface area contributed by atoms with Crippen LogP contribution in [0.25, 0.3) is 0 Å². The predicted octanol–water partition coefficient (Wildman–Crippen LogP) is 3.50. The minimum atomic E-state index is 0.166. The van der Waals surface area contributed by atoms with Crippen LogP contribution in [0.4, 0.5) is 5.69 Å². The Labute approximate surface area is 110 Å². The van der Waals surface area contributed by atoms with E-state index in [4.69, 9.17) is 4.74 Å². The van der Waals surface area contributed by atoms with Crippen LogP contribution in [-0.4, -0.2) is 18.9 Å². The summed E-state index contributed by atoms with van der Waals surface area (Å²) < 4.78 is 5.31. The van der Waals surface area contributed by atoms with Crippen molar-refractivity contribution in [3.63, 3.8) is 0 Å². The maximum Gasteiger partial charge on any atom is 0.141 e. The molecule has 100 valence electrons. The zero-order valence-electron chi connectivity index (χ0n) is 11.7. The van der Waals surface area contributed by atoms with Gasteiger partial charge in [0.15, 0.2) is 0 Å². The average molecular weight is 249 g/mol. The number of methoxy groups -OCH3 is 1. The minimum absolute atomic E-state index is 0.166. The monoisotopic (exact) mass is 249 g/mol. The fourth-order valence-electron chi connectivity index (χ4n) is 2.09. The maximum absolute atomic E-state index is 11.3. The van der Waals surface area contributed by atoms with Crippen molar-refractivity contribution >= 4 is 11.5 Å². The molecule has 1 atom stereocenters. The van der Waals surface area contributed by atoms with Gasteiger partial charge in [0.1, 0.15) is 11.5 Å². The highest BCUT2D eigenvalue weighted by molar-refractivity contribution is 5.76. The van der Waals surface area contributed by atoms with Gasteiger partial charge < -0.3 is 10.1 Å². The van der Waals surface area contributed by atoms with E-state index in [0.29, 0.717) is 12.3 Å². The summed E-state index contributed by atoms with van der Waals surface area (Å²) in [5.41, 5.74) is 0.951. The van der Waals surface area contributed by atoms with Gasteiger partial charge in [0, 0.05) is 12.5 Å². The molecule has 0 aromatic heterocycles. The normalized spacial score (nSPS) is 12.3. The number of rotatable bonds is 7. The van der Waals surface area contributed by atoms with E-state index < -0.39 is 0 Å². The highest BCUT2D eigenvalue weighted by atomic mass is 16.5. The van der Waals surface area contributed by atoms with E-state index in [1.54, 1.807) is 14.0 Å². The minimum Gasteiger partial charge on any atom is -0.495 e. The number of para-hydroxylation sites is 2. The second-order valence-electron chi connectivity index (χ2n) is 5.08. The first-order valence-electron chi connectivity index (χ1n) is 6.42. The van der Waals surface area contributed by atoms with Crippen molar-refractivity contribution in [2.75, 3.05) is 12.4 Å². The molecule has 0 aliphatic rings. The standard InChI is InChI=1S/C15H23NO2/c1-11(2)9-13(10-12(3)17)16-14-7-5-6-8-15(14)18-4/h5-8,11,13,16H,9-10H2,1-4H3/t13-/m0/s1. The fourth-order valence-corrected chi connectivity index (χ4v) is 2.09. The fraction of sp³-hybridized carbons (Fsp3) is 0.533. The molecule has 0 spiro atoms. The summed E-state index contributed by atoms with van der Waals surface area (Å²) in [6.45, 7) is 5.96. The molecule has 0 aliphatic carbocycles. The summed E-state index contributed by atoms with van der Waals surface area (Å²) in [5.74, 6) is 1.58. The Bertz CT molecular complexity index is 388. The molecule has 1 N–H and O–H groups in total. The van der Waals surface area contributed by atoms with E-state index in [1.807, 2.05) is 24.3 Å². The zero-order valence-corrected chi connectivity index (χ0v) is 11.7. The number of ketones is 1. The Morgan fingerprint density at radius 3 is 2.56 bits per heavy atom. The van der Waals surface area contributed by atoms with Gasteiger partial charge in [-0.1, -0.05) is 26.0 Å². The second-order valence-corrected chi connectivity index (χ2v) is 5.08. The third-order valence-corrected chi connectivity index (χ3v) is 2.76. The summed E-state index contributed by atoms with van der Waals surface area (Å²) in [7, 11) is 1.66. The molecule has 18 heavy (non-hydrogen) atoms. The van der Waals surface area contributed by atoms with Crippen molar-refractivity contribution in [1.82, 2.24) is 0 Å². The van der Waals surface area contributed by atoms with Gasteiger partial charge in [-0.05, 0) is 31.4 Å². The number of hydrogen-bond acceptors (Lipinski definition) is 3. The van der Waals surface area contributed by atoms with Crippen LogP contribution in [0.3, 0.4) is 0 Å². The summed E-state index contributed by atoms with van der Waals surface area (Å²) in [6.07, 6.45) is 1.52. The molecular weight excluding hydrogens is 226 g/mol. The molecule has 0 amide bonds. The topological polar surface area (TPSA) is 38.3 Å². The van der Waals surface area contributed by atoms with Crippen LogP contribution >= 0.6 is 0 Å². The highest BCUT2D eigenvalue weighted by Crippen LogP contribution is 2.25. The first-order chi connectivity index (χ1) is 8.52. The SMILES string of the molecule is COc1ccccc1N[C@H](CC(C)=O)CC(C)C. The lowest BCUT2D eigenvalue weighted by Gasteiger charge is -2.22. The van der Waals surface area contributed by atoms with E-state index in [0.717, 1.165) is 17.9 Å². The third-order valence-electron chi connectivity index (χ3n) is 2.76. The number of benzene rings is 1. The van der Waals surface area contributed by atoms with Crippen LogP contribution in [0.15, 0.2) is 24.3 Å². The number of Topliss-reactive ketones (excluding diaryl/α,β-unsaturated/α-hetero) is 1. The van der Waals surface area contributed by atoms with Crippen LogP contribution in [0, 0.1) is 5.92 Å². The van der Waals surface area contributed by atoms with Crippen LogP contribution < -0.4 is 10.1 Å². The molecule has 1 aromatic carbocycles. The Morgan fingerprint density at radius 1 is 1.33 bits per heavy atom. The lowest BCUT2D eigenvalue weighted by Crippen LogP contribution is -2.24. The quantitative estimate of drug-likeness (QED) is 0.803. The van der Waals surface area contributed by atoms with Gasteiger partial charge in [0.05, 0.1) is 12.8 Å². The molecule has 0 unspecified atom stereocenters. The van der Waals surface area contributed by atoms with Crippen LogP contribution in [0.5, 0.6) is 5.75 Å². The van der Waals surface area contributed by atoms with Gasteiger partial charge in [-0.15, -0.1) is 0 Å². The van der Waals surface area contributed by atoms with Crippen molar-refractivity contribution in [3.8, 4) is 5.75 Å². The van der Waals surface area contributed by atoms with Crippen molar-refractivity contribution in [3.05, 3.63) is 24.3 Å². The van der Waals surface area contributed by atoms with Crippen molar-refractivity contribution in [2.24, 2.45) is 5.92 Å². The molecule has 0 aliphatic heterocycles. The van der Waals surface area contributed by atoms with E-state index >= 15 is 0 Å². The van der Waals surface area contributed by atoms with Gasteiger partial charge in [-0.2, -0.15) is 0 Å². The molecule has 1 rings (SSSR count). The van der Waals surface area contributed by atoms with Crippen molar-refractivity contribution < 1.29 is 9.53 Å². The first kappa shape index (κ1) is 14.6. The molecule has 0 saturated heterocycles. The molecular formula is C15H23NO2. The zero-order chi connectivity index (χ0) is 13.5. The summed E-state index contributed by atoms with van der Waals surface area (Å²) >= 11 is 0. The Morgan fingerprint density at radius 2 is 2.00 bits per heavy atom. The van der Waals surface area contributed by atoms with E-state index in [1.165, 1.54) is 0 Å². The number of anilines is 1. The molecule has 0 heterocycles. The molecule has 0 saturated carbocycles. The van der Waals surface area contributed by atoms with E-state index in [-0.39, 0.29) is 11.8 Å². The lowest BCUT2D eigenvalue weighted by atomic mass is 9.99. The lowest BCUT2D eigenvalue weighted by molar-refractivity contribution is -0.117. The summed E-state index contributed by atoms with van der Waals surface area (Å²) in [4.78, 5) is 11.3. The van der Waals surface area contributed by atoms with Crippen LogP contribution in [0.2, 0.25) is 0 Å². The maximum atomic E-state index is 11.3. The number of nitrogens with one attached hydrogen (secondary N) is 1. The Balaban J connectivity index is 2.77. The van der Waals surface area contributed by atoms with Gasteiger partial charge in [-0.25, -0.2) is 0 Å². The molecule has 1 aromatic rings. The number of ether oxygens (including phenoxy) is 1. The van der Waals surface area contributed by atoms with Crippen molar-refractivity contribution in [2.45, 2.75) is 39.7 Å². The smallest absolute Gasteiger partial charge is 0.141 e. The van der Waals surface area contributed by atoms with Gasteiger partial charge in [0.2, 0.25) is 0 Å². The van der Waals surface area contributed by atoms with Crippen molar-refractivity contribution in [1.29, 1.82) is 0 Å². The molecule has 0 radical (unpaired) electrons. The summed E-state index contributed by atoms with van der Waals surface area (Å²) in [5, 5.41) is 3.42. The molecule has 0 bridgehead atoms. The van der Waals surface area contributed by atoms with Crippen LogP contribution in [-0.2, 0) is 4.79 Å². The van der Waals surface area contributed by atoms with E-state index in [2.05, 4.69) is 19.2 Å². The second kappa shape index (κ2) is 7.04. The predicted molar refractivity (Wildman–Crippen MR) is 75.2 cm³/mol. The van der Waals surface area contributed by atoms with Gasteiger partial charge >= 0.3 is 0 Å². The Kier molecular flexibility index (Phi) is 5.69. The van der Waals surface area contributed by atoms with Crippen LogP contribution in [0.1, 0.15) is 33.6 Å². The number of carbonyl (C=O) groups is 1. The van der Waals surface area contributed by atoms with E-state index in [9.17, 15) is 4.79 Å². The first-order valence-corrected chi connectivity index (χ1v) is 6.42. The largest absolute Gasteiger partial charge is 0.495 e. The third kappa shape index (κ3) is 4.78. The van der Waals surface area contributed by atoms with Gasteiger partial charge in [-0.3, -0.25) is 4.79 Å². The molecule has 0 fully saturated rings. The average Bonchev–Trinajstić information content (AvgIpc) is 2.27. The highest BCUT2D eigenvalue weighted by Gasteiger charge is 2.14.